The molecule has 32 heavy (non-hydrogen) atoms. The SMILES string of the molecule is CC(C)(C)OC(=O)N[C@@H](Cc1ccccc1)C(=O)NCC(=O)N[C@@H](CCCCN)C(=O)O. The minimum Gasteiger partial charge on any atom is -0.480 e. The molecule has 0 aliphatic carbocycles. The zero-order chi connectivity index (χ0) is 24.1. The molecule has 3 amide bonds. The second-order valence-corrected chi connectivity index (χ2v) is 8.35. The Hall–Kier alpha value is -3.14. The Balaban J connectivity index is 2.72. The second kappa shape index (κ2) is 13.3. The molecule has 0 unspecified atom stereocenters. The molecule has 0 aromatic heterocycles. The van der Waals surface area contributed by atoms with E-state index in [4.69, 9.17) is 10.5 Å². The summed E-state index contributed by atoms with van der Waals surface area (Å²) in [5.74, 6) is -2.39. The molecule has 1 rings (SSSR count). The van der Waals surface area contributed by atoms with Crippen molar-refractivity contribution < 1.29 is 29.0 Å². The highest BCUT2D eigenvalue weighted by Gasteiger charge is 2.26. The monoisotopic (exact) mass is 450 g/mol. The minimum atomic E-state index is -1.16. The van der Waals surface area contributed by atoms with Crippen LogP contribution in [0.2, 0.25) is 0 Å². The summed E-state index contributed by atoms with van der Waals surface area (Å²) in [4.78, 5) is 48.4. The first-order valence-corrected chi connectivity index (χ1v) is 10.5. The van der Waals surface area contributed by atoms with Gasteiger partial charge in [0.2, 0.25) is 11.8 Å². The molecule has 0 heterocycles. The average Bonchev–Trinajstić information content (AvgIpc) is 2.70. The molecule has 2 atom stereocenters. The van der Waals surface area contributed by atoms with Gasteiger partial charge in [0.25, 0.3) is 0 Å². The summed E-state index contributed by atoms with van der Waals surface area (Å²) < 4.78 is 5.22. The second-order valence-electron chi connectivity index (χ2n) is 8.35. The number of ether oxygens (including phenoxy) is 1. The Labute approximate surface area is 188 Å². The Morgan fingerprint density at radius 2 is 1.69 bits per heavy atom. The van der Waals surface area contributed by atoms with Gasteiger partial charge >= 0.3 is 12.1 Å². The molecule has 10 nitrogen and oxygen atoms in total. The summed E-state index contributed by atoms with van der Waals surface area (Å²) in [6.07, 6.45) is 0.865. The molecule has 1 aromatic rings. The summed E-state index contributed by atoms with van der Waals surface area (Å²) in [6, 6.07) is 7.01. The maximum Gasteiger partial charge on any atom is 0.408 e. The Morgan fingerprint density at radius 1 is 1.03 bits per heavy atom. The highest BCUT2D eigenvalue weighted by atomic mass is 16.6. The van der Waals surface area contributed by atoms with E-state index in [1.165, 1.54) is 0 Å². The number of aliphatic carboxylic acids is 1. The molecule has 0 aliphatic heterocycles. The molecular weight excluding hydrogens is 416 g/mol. The van der Waals surface area contributed by atoms with Crippen LogP contribution in [0.1, 0.15) is 45.6 Å². The van der Waals surface area contributed by atoms with E-state index in [0.717, 1.165) is 5.56 Å². The third kappa shape index (κ3) is 11.3. The quantitative estimate of drug-likeness (QED) is 0.296. The first-order chi connectivity index (χ1) is 15.0. The van der Waals surface area contributed by atoms with E-state index in [-0.39, 0.29) is 12.8 Å². The van der Waals surface area contributed by atoms with Crippen LogP contribution in [0.15, 0.2) is 30.3 Å². The van der Waals surface area contributed by atoms with Gasteiger partial charge in [-0.1, -0.05) is 30.3 Å². The summed E-state index contributed by atoms with van der Waals surface area (Å²) in [7, 11) is 0. The van der Waals surface area contributed by atoms with Crippen molar-refractivity contribution in [2.24, 2.45) is 5.73 Å². The van der Waals surface area contributed by atoms with Gasteiger partial charge in [0.05, 0.1) is 6.54 Å². The van der Waals surface area contributed by atoms with Crippen LogP contribution in [0, 0.1) is 0 Å². The van der Waals surface area contributed by atoms with E-state index < -0.39 is 48.1 Å². The smallest absolute Gasteiger partial charge is 0.408 e. The molecular formula is C22H34N4O6. The lowest BCUT2D eigenvalue weighted by molar-refractivity contribution is -0.142. The lowest BCUT2D eigenvalue weighted by Gasteiger charge is -2.23. The zero-order valence-corrected chi connectivity index (χ0v) is 18.8. The van der Waals surface area contributed by atoms with E-state index in [0.29, 0.717) is 19.4 Å². The number of rotatable bonds is 12. The highest BCUT2D eigenvalue weighted by Crippen LogP contribution is 2.09. The number of nitrogens with one attached hydrogen (secondary N) is 3. The number of unbranched alkanes of at least 4 members (excludes halogenated alkanes) is 1. The van der Waals surface area contributed by atoms with Gasteiger partial charge in [-0.2, -0.15) is 0 Å². The Kier molecular flexibility index (Phi) is 11.2. The molecule has 0 spiro atoms. The summed E-state index contributed by atoms with van der Waals surface area (Å²) >= 11 is 0. The number of hydrogen-bond donors (Lipinski definition) is 5. The topological polar surface area (TPSA) is 160 Å². The number of amides is 3. The molecule has 6 N–H and O–H groups in total. The number of hydrogen-bond acceptors (Lipinski definition) is 6. The number of carbonyl (C=O) groups excluding carboxylic acids is 3. The Morgan fingerprint density at radius 3 is 2.25 bits per heavy atom. The van der Waals surface area contributed by atoms with Crippen LogP contribution in [0.25, 0.3) is 0 Å². The number of benzene rings is 1. The molecule has 10 heteroatoms. The fourth-order valence-corrected chi connectivity index (χ4v) is 2.80. The number of carboxylic acid groups (broad SMARTS) is 1. The Bertz CT molecular complexity index is 763. The maximum absolute atomic E-state index is 12.7. The summed E-state index contributed by atoms with van der Waals surface area (Å²) in [6.45, 7) is 5.12. The first-order valence-electron chi connectivity index (χ1n) is 10.5. The number of nitrogens with two attached hydrogens (primary N) is 1. The van der Waals surface area contributed by atoms with E-state index in [1.807, 2.05) is 30.3 Å². The fourth-order valence-electron chi connectivity index (χ4n) is 2.80. The van der Waals surface area contributed by atoms with E-state index in [2.05, 4.69) is 16.0 Å². The molecule has 1 aromatic carbocycles. The van der Waals surface area contributed by atoms with Crippen LogP contribution in [0.4, 0.5) is 4.79 Å². The predicted octanol–water partition coefficient (Wildman–Crippen LogP) is 0.937. The van der Waals surface area contributed by atoms with E-state index >= 15 is 0 Å². The third-order valence-corrected chi connectivity index (χ3v) is 4.29. The number of carboxylic acids is 1. The van der Waals surface area contributed by atoms with Crippen molar-refractivity contribution in [2.45, 2.75) is 64.1 Å². The van der Waals surface area contributed by atoms with Gasteiger partial charge in [0.15, 0.2) is 0 Å². The van der Waals surface area contributed by atoms with Crippen LogP contribution in [-0.2, 0) is 25.5 Å². The predicted molar refractivity (Wildman–Crippen MR) is 119 cm³/mol. The largest absolute Gasteiger partial charge is 0.480 e. The normalized spacial score (nSPS) is 12.9. The third-order valence-electron chi connectivity index (χ3n) is 4.29. The standard InChI is InChI=1S/C22H34N4O6/c1-22(2,3)32-21(31)26-17(13-15-9-5-4-6-10-15)19(28)24-14-18(27)25-16(20(29)30)11-7-8-12-23/h4-6,9-10,16-17H,7-8,11-14,23H2,1-3H3,(H,24,28)(H,25,27)(H,26,31)(H,29,30)/t16-,17-/m0/s1. The molecule has 0 bridgehead atoms. The van der Waals surface area contributed by atoms with Crippen LogP contribution >= 0.6 is 0 Å². The van der Waals surface area contributed by atoms with Gasteiger partial charge < -0.3 is 31.5 Å². The van der Waals surface area contributed by atoms with Gasteiger partial charge in [0, 0.05) is 6.42 Å². The van der Waals surface area contributed by atoms with Gasteiger partial charge in [0.1, 0.15) is 17.7 Å². The van der Waals surface area contributed by atoms with Gasteiger partial charge in [-0.15, -0.1) is 0 Å². The fraction of sp³-hybridized carbons (Fsp3) is 0.545. The van der Waals surface area contributed by atoms with E-state index in [1.54, 1.807) is 20.8 Å². The van der Waals surface area contributed by atoms with Crippen molar-refractivity contribution in [3.63, 3.8) is 0 Å². The first kappa shape index (κ1) is 26.9. The molecule has 0 aliphatic rings. The van der Waals surface area contributed by atoms with Gasteiger partial charge in [-0.05, 0) is 52.1 Å². The lowest BCUT2D eigenvalue weighted by atomic mass is 10.1. The zero-order valence-electron chi connectivity index (χ0n) is 18.8. The molecule has 178 valence electrons. The lowest BCUT2D eigenvalue weighted by Crippen LogP contribution is -2.52. The molecule has 0 fully saturated rings. The van der Waals surface area contributed by atoms with Crippen molar-refractivity contribution in [1.82, 2.24) is 16.0 Å². The number of alkyl carbamates (subject to hydrolysis) is 1. The van der Waals surface area contributed by atoms with E-state index in [9.17, 15) is 24.3 Å². The molecule has 0 radical (unpaired) electrons. The van der Waals surface area contributed by atoms with Crippen LogP contribution < -0.4 is 21.7 Å². The van der Waals surface area contributed by atoms with Crippen molar-refractivity contribution in [3.05, 3.63) is 35.9 Å². The van der Waals surface area contributed by atoms with Crippen LogP contribution in [0.5, 0.6) is 0 Å². The maximum atomic E-state index is 12.7. The van der Waals surface area contributed by atoms with Crippen molar-refractivity contribution in [3.8, 4) is 0 Å². The summed E-state index contributed by atoms with van der Waals surface area (Å²) in [5, 5.41) is 16.6. The van der Waals surface area contributed by atoms with Crippen LogP contribution in [-0.4, -0.2) is 59.8 Å². The minimum absolute atomic E-state index is 0.185. The van der Waals surface area contributed by atoms with Crippen molar-refractivity contribution >= 4 is 23.9 Å². The van der Waals surface area contributed by atoms with Gasteiger partial charge in [-0.3, -0.25) is 9.59 Å². The van der Waals surface area contributed by atoms with Gasteiger partial charge in [-0.25, -0.2) is 9.59 Å². The van der Waals surface area contributed by atoms with Crippen molar-refractivity contribution in [2.75, 3.05) is 13.1 Å². The number of carbonyl (C=O) groups is 4. The average molecular weight is 451 g/mol. The summed E-state index contributed by atoms with van der Waals surface area (Å²) in [5.41, 5.74) is 5.47. The molecule has 0 saturated carbocycles. The van der Waals surface area contributed by atoms with Crippen molar-refractivity contribution in [1.29, 1.82) is 0 Å². The highest BCUT2D eigenvalue weighted by molar-refractivity contribution is 5.91. The van der Waals surface area contributed by atoms with Crippen LogP contribution in [0.3, 0.4) is 0 Å². The molecule has 0 saturated heterocycles.